The first-order valence-electron chi connectivity index (χ1n) is 8.33. The van der Waals surface area contributed by atoms with E-state index in [0.29, 0.717) is 0 Å². The molecular formula is C19H20FN5S. The van der Waals surface area contributed by atoms with E-state index in [2.05, 4.69) is 35.9 Å². The van der Waals surface area contributed by atoms with Gasteiger partial charge in [0.25, 0.3) is 0 Å². The minimum Gasteiger partial charge on any atom is -0.314 e. The average molecular weight is 369 g/mol. The van der Waals surface area contributed by atoms with Crippen LogP contribution in [0.15, 0.2) is 58.2 Å². The predicted molar refractivity (Wildman–Crippen MR) is 106 cm³/mol. The molecule has 2 aliphatic rings. The smallest absolute Gasteiger partial charge is 0.136 e. The molecule has 2 heterocycles. The van der Waals surface area contributed by atoms with Gasteiger partial charge in [0.2, 0.25) is 0 Å². The van der Waals surface area contributed by atoms with E-state index in [9.17, 15) is 4.39 Å². The molecule has 5 nitrogen and oxygen atoms in total. The van der Waals surface area contributed by atoms with Gasteiger partial charge in [-0.1, -0.05) is 30.0 Å². The van der Waals surface area contributed by atoms with Gasteiger partial charge in [-0.05, 0) is 49.2 Å². The maximum atomic E-state index is 13.3. The summed E-state index contributed by atoms with van der Waals surface area (Å²) >= 11 is 1.49. The number of hydrogen-bond acceptors (Lipinski definition) is 6. The lowest BCUT2D eigenvalue weighted by Gasteiger charge is -2.36. The van der Waals surface area contributed by atoms with E-state index < -0.39 is 6.17 Å². The van der Waals surface area contributed by atoms with Crippen LogP contribution in [-0.4, -0.2) is 18.0 Å². The fourth-order valence-corrected chi connectivity index (χ4v) is 4.43. The van der Waals surface area contributed by atoms with E-state index in [4.69, 9.17) is 11.5 Å². The molecule has 0 radical (unpaired) electrons. The summed E-state index contributed by atoms with van der Waals surface area (Å²) in [4.78, 5) is 8.46. The van der Waals surface area contributed by atoms with E-state index in [1.807, 2.05) is 11.0 Å². The molecule has 0 fully saturated rings. The number of hydrogen-bond donors (Lipinski definition) is 2. The fraction of sp³-hybridized carbons (Fsp3) is 0.211. The summed E-state index contributed by atoms with van der Waals surface area (Å²) in [6, 6.07) is 12.4. The molecular weight excluding hydrogens is 349 g/mol. The van der Waals surface area contributed by atoms with Gasteiger partial charge < -0.3 is 21.3 Å². The number of benzene rings is 2. The molecule has 0 aliphatic carbocycles. The van der Waals surface area contributed by atoms with Crippen molar-refractivity contribution in [1.82, 2.24) is 0 Å². The zero-order chi connectivity index (χ0) is 18.4. The number of anilines is 2. The Labute approximate surface area is 156 Å². The molecule has 2 aliphatic heterocycles. The van der Waals surface area contributed by atoms with Gasteiger partial charge in [-0.3, -0.25) is 0 Å². The van der Waals surface area contributed by atoms with Crippen molar-refractivity contribution < 1.29 is 4.39 Å². The number of aryl methyl sites for hydroxylation is 2. The Bertz CT molecular complexity index is 888. The molecule has 2 unspecified atom stereocenters. The average Bonchev–Trinajstić information content (AvgIpc) is 2.93. The highest BCUT2D eigenvalue weighted by Crippen LogP contribution is 2.45. The van der Waals surface area contributed by atoms with Crippen LogP contribution in [0, 0.1) is 19.7 Å². The Balaban J connectivity index is 1.76. The molecule has 0 bridgehead atoms. The molecule has 134 valence electrons. The van der Waals surface area contributed by atoms with Gasteiger partial charge in [-0.15, -0.1) is 0 Å². The van der Waals surface area contributed by atoms with E-state index in [1.54, 1.807) is 18.5 Å². The lowest BCUT2D eigenvalue weighted by Crippen LogP contribution is -2.50. The van der Waals surface area contributed by atoms with Crippen LogP contribution in [0.4, 0.5) is 15.8 Å². The first-order valence-corrected chi connectivity index (χ1v) is 9.21. The zero-order valence-corrected chi connectivity index (χ0v) is 15.4. The number of nitrogens with zero attached hydrogens (tertiary/aromatic N) is 3. The quantitative estimate of drug-likeness (QED) is 0.850. The van der Waals surface area contributed by atoms with Crippen LogP contribution in [0.3, 0.4) is 0 Å². The summed E-state index contributed by atoms with van der Waals surface area (Å²) in [5.41, 5.74) is 17.7. The van der Waals surface area contributed by atoms with Crippen LogP contribution in [0.1, 0.15) is 11.1 Å². The molecule has 2 aromatic rings. The van der Waals surface area contributed by atoms with Gasteiger partial charge in [-0.2, -0.15) is 0 Å². The van der Waals surface area contributed by atoms with E-state index >= 15 is 0 Å². The fourth-order valence-electron chi connectivity index (χ4n) is 3.43. The normalized spacial score (nSPS) is 22.2. The van der Waals surface area contributed by atoms with E-state index in [0.717, 1.165) is 33.2 Å². The highest BCUT2D eigenvalue weighted by Gasteiger charge is 2.39. The van der Waals surface area contributed by atoms with Crippen LogP contribution in [0.2, 0.25) is 0 Å². The minimum atomic E-state index is -0.465. The molecule has 0 aromatic heterocycles. The molecule has 2 atom stereocenters. The van der Waals surface area contributed by atoms with Gasteiger partial charge in [0, 0.05) is 11.4 Å². The number of nitrogens with two attached hydrogens (primary N) is 2. The predicted octanol–water partition coefficient (Wildman–Crippen LogP) is 3.24. The molecule has 26 heavy (non-hydrogen) atoms. The van der Waals surface area contributed by atoms with Crippen LogP contribution < -0.4 is 21.3 Å². The molecule has 4 rings (SSSR count). The van der Waals surface area contributed by atoms with Crippen molar-refractivity contribution in [2.75, 3.05) is 9.80 Å². The van der Waals surface area contributed by atoms with Crippen molar-refractivity contribution in [3.05, 3.63) is 70.1 Å². The standard InChI is InChI=1S/C19H20FN5S/c1-11-4-3-5-12(2)15(11)25-16-17(21)24(10-23-18(16)26-19(25)22)14-8-6-13(20)7-9-14/h3-10,17,19H,21-22H2,1-2H3. The third kappa shape index (κ3) is 2.68. The first-order chi connectivity index (χ1) is 12.5. The second-order valence-corrected chi connectivity index (χ2v) is 7.49. The summed E-state index contributed by atoms with van der Waals surface area (Å²) in [5.74, 6) is -0.285. The summed E-state index contributed by atoms with van der Waals surface area (Å²) < 4.78 is 13.3. The Hall–Kier alpha value is -2.35. The van der Waals surface area contributed by atoms with E-state index in [-0.39, 0.29) is 11.3 Å². The van der Waals surface area contributed by atoms with Crippen LogP contribution in [-0.2, 0) is 0 Å². The van der Waals surface area contributed by atoms with Crippen molar-refractivity contribution >= 4 is 29.5 Å². The first kappa shape index (κ1) is 17.1. The van der Waals surface area contributed by atoms with Crippen LogP contribution in [0.5, 0.6) is 0 Å². The molecule has 4 N–H and O–H groups in total. The summed E-state index contributed by atoms with van der Waals surface area (Å²) in [7, 11) is 0. The zero-order valence-electron chi connectivity index (χ0n) is 14.6. The van der Waals surface area contributed by atoms with Crippen molar-refractivity contribution in [3.63, 3.8) is 0 Å². The number of para-hydroxylation sites is 1. The summed E-state index contributed by atoms with van der Waals surface area (Å²) in [6.07, 6.45) is 1.22. The lowest BCUT2D eigenvalue weighted by atomic mass is 10.1. The van der Waals surface area contributed by atoms with Crippen molar-refractivity contribution in [2.45, 2.75) is 25.5 Å². The number of rotatable bonds is 2. The summed E-state index contributed by atoms with van der Waals surface area (Å²) in [5, 5.41) is 0.825. The molecule has 2 aromatic carbocycles. The number of aliphatic imine (C=N–C) groups is 1. The van der Waals surface area contributed by atoms with E-state index in [1.165, 1.54) is 23.9 Å². The number of thioether (sulfide) groups is 1. The van der Waals surface area contributed by atoms with Crippen LogP contribution >= 0.6 is 11.8 Å². The molecule has 0 spiro atoms. The SMILES string of the molecule is Cc1cccc(C)c1N1C2=C(N=CN(c3ccc(F)cc3)C2N)SC1N. The van der Waals surface area contributed by atoms with Crippen molar-refractivity contribution in [1.29, 1.82) is 0 Å². The Kier molecular flexibility index (Phi) is 4.22. The second kappa shape index (κ2) is 6.42. The minimum absolute atomic E-state index is 0.285. The topological polar surface area (TPSA) is 70.9 Å². The van der Waals surface area contributed by atoms with Crippen LogP contribution in [0.25, 0.3) is 0 Å². The Morgan fingerprint density at radius 2 is 1.69 bits per heavy atom. The third-order valence-corrected chi connectivity index (χ3v) is 5.64. The number of halogens is 1. The van der Waals surface area contributed by atoms with Gasteiger partial charge >= 0.3 is 0 Å². The van der Waals surface area contributed by atoms with Gasteiger partial charge in [-0.25, -0.2) is 9.38 Å². The molecule has 0 saturated carbocycles. The van der Waals surface area contributed by atoms with Gasteiger partial charge in [0.1, 0.15) is 22.5 Å². The van der Waals surface area contributed by atoms with Gasteiger partial charge in [0.15, 0.2) is 0 Å². The maximum absolute atomic E-state index is 13.3. The Morgan fingerprint density at radius 3 is 2.35 bits per heavy atom. The Morgan fingerprint density at radius 1 is 1.04 bits per heavy atom. The molecule has 0 amide bonds. The van der Waals surface area contributed by atoms with Gasteiger partial charge in [0.05, 0.1) is 12.0 Å². The molecule has 0 saturated heterocycles. The second-order valence-electron chi connectivity index (χ2n) is 6.38. The highest BCUT2D eigenvalue weighted by atomic mass is 32.2. The lowest BCUT2D eigenvalue weighted by molar-refractivity contribution is 0.627. The maximum Gasteiger partial charge on any atom is 0.136 e. The summed E-state index contributed by atoms with van der Waals surface area (Å²) in [6.45, 7) is 4.13. The van der Waals surface area contributed by atoms with Crippen molar-refractivity contribution in [2.24, 2.45) is 16.5 Å². The van der Waals surface area contributed by atoms with Crippen molar-refractivity contribution in [3.8, 4) is 0 Å². The third-order valence-electron chi connectivity index (χ3n) is 4.65. The largest absolute Gasteiger partial charge is 0.314 e. The molecule has 7 heteroatoms. The monoisotopic (exact) mass is 369 g/mol. The highest BCUT2D eigenvalue weighted by molar-refractivity contribution is 8.04.